The first-order valence-electron chi connectivity index (χ1n) is 12.8. The summed E-state index contributed by atoms with van der Waals surface area (Å²) >= 11 is 0. The second-order valence-electron chi connectivity index (χ2n) is 10.7. The highest BCUT2D eigenvalue weighted by molar-refractivity contribution is 5.95. The zero-order valence-corrected chi connectivity index (χ0v) is 22.0. The van der Waals surface area contributed by atoms with Crippen LogP contribution >= 0.6 is 0 Å². The van der Waals surface area contributed by atoms with Crippen LogP contribution in [0.5, 0.6) is 0 Å². The van der Waals surface area contributed by atoms with Crippen molar-refractivity contribution in [3.8, 4) is 11.4 Å². The van der Waals surface area contributed by atoms with Gasteiger partial charge in [-0.3, -0.25) is 9.59 Å². The molecule has 2 fully saturated rings. The van der Waals surface area contributed by atoms with Crippen LogP contribution in [0.2, 0.25) is 0 Å². The van der Waals surface area contributed by atoms with Gasteiger partial charge in [0.05, 0.1) is 12.2 Å². The topological polar surface area (TPSA) is 122 Å². The highest BCUT2D eigenvalue weighted by Gasteiger charge is 2.40. The Kier molecular flexibility index (Phi) is 7.77. The lowest BCUT2D eigenvalue weighted by Crippen LogP contribution is -2.50. The van der Waals surface area contributed by atoms with Crippen molar-refractivity contribution in [1.29, 1.82) is 0 Å². The second kappa shape index (κ2) is 10.8. The molecule has 3 amide bonds. The van der Waals surface area contributed by atoms with Gasteiger partial charge in [0.2, 0.25) is 0 Å². The molecule has 0 radical (unpaired) electrons. The number of amides is 3. The fourth-order valence-corrected chi connectivity index (χ4v) is 4.44. The van der Waals surface area contributed by atoms with Crippen molar-refractivity contribution < 1.29 is 19.1 Å². The first-order chi connectivity index (χ1) is 17.6. The van der Waals surface area contributed by atoms with Crippen LogP contribution in [0, 0.1) is 0 Å². The van der Waals surface area contributed by atoms with E-state index in [1.807, 2.05) is 25.7 Å². The number of aromatic nitrogens is 2. The Morgan fingerprint density at radius 2 is 1.51 bits per heavy atom. The number of piperidine rings is 1. The SMILES string of the molecule is CN(CN)C(=O)c1ccc(-c2ncc(C(=O)N(C3CC3)C3CCN(C(=O)OC(C)(C)C)CC3)cn2)cc1. The standard InChI is InChI=1S/C27H36N6O4/c1-27(2,3)37-26(36)32-13-11-22(12-14-32)33(21-9-10-21)25(35)20-15-29-23(30-16-20)18-5-7-19(8-6-18)24(34)31(4)17-28/h5-8,15-16,21-22H,9-14,17,28H2,1-4H3. The third-order valence-electron chi connectivity index (χ3n) is 6.59. The summed E-state index contributed by atoms with van der Waals surface area (Å²) in [6, 6.07) is 7.28. The summed E-state index contributed by atoms with van der Waals surface area (Å²) in [6.45, 7) is 6.83. The van der Waals surface area contributed by atoms with Gasteiger partial charge in [-0.15, -0.1) is 0 Å². The average molecular weight is 509 g/mol. The molecule has 198 valence electrons. The van der Waals surface area contributed by atoms with Crippen LogP contribution in [0.4, 0.5) is 4.79 Å². The van der Waals surface area contributed by atoms with Crippen LogP contribution in [0.1, 0.15) is 67.2 Å². The summed E-state index contributed by atoms with van der Waals surface area (Å²) < 4.78 is 5.50. The summed E-state index contributed by atoms with van der Waals surface area (Å²) in [5, 5.41) is 0. The van der Waals surface area contributed by atoms with E-state index < -0.39 is 5.60 Å². The molecule has 0 atom stereocenters. The maximum Gasteiger partial charge on any atom is 0.410 e. The lowest BCUT2D eigenvalue weighted by molar-refractivity contribution is 0.0142. The predicted octanol–water partition coefficient (Wildman–Crippen LogP) is 3.14. The number of likely N-dealkylation sites (tertiary alicyclic amines) is 1. The van der Waals surface area contributed by atoms with Crippen LogP contribution < -0.4 is 5.73 Å². The minimum Gasteiger partial charge on any atom is -0.444 e. The maximum absolute atomic E-state index is 13.5. The molecule has 0 bridgehead atoms. The number of nitrogens with two attached hydrogens (primary N) is 1. The molecule has 0 unspecified atom stereocenters. The molecular formula is C27H36N6O4. The third-order valence-corrected chi connectivity index (χ3v) is 6.59. The van der Waals surface area contributed by atoms with E-state index in [-0.39, 0.29) is 36.7 Å². The summed E-state index contributed by atoms with van der Waals surface area (Å²) in [5.41, 5.74) is 6.73. The summed E-state index contributed by atoms with van der Waals surface area (Å²) in [6.07, 6.45) is 6.23. The zero-order valence-electron chi connectivity index (χ0n) is 22.0. The number of hydrogen-bond acceptors (Lipinski definition) is 7. The maximum atomic E-state index is 13.5. The molecule has 0 spiro atoms. The molecule has 1 saturated carbocycles. The minimum atomic E-state index is -0.531. The molecule has 2 N–H and O–H groups in total. The van der Waals surface area contributed by atoms with Crippen molar-refractivity contribution in [2.45, 2.75) is 64.1 Å². The lowest BCUT2D eigenvalue weighted by Gasteiger charge is -2.39. The molecule has 4 rings (SSSR count). The smallest absolute Gasteiger partial charge is 0.410 e. The Labute approximate surface area is 217 Å². The van der Waals surface area contributed by atoms with Crippen LogP contribution in [-0.2, 0) is 4.74 Å². The number of hydrogen-bond donors (Lipinski definition) is 1. The third kappa shape index (κ3) is 6.43. The largest absolute Gasteiger partial charge is 0.444 e. The Hall–Kier alpha value is -3.53. The molecular weight excluding hydrogens is 472 g/mol. The molecule has 1 aromatic heterocycles. The number of carbonyl (C=O) groups excluding carboxylic acids is 3. The van der Waals surface area contributed by atoms with Crippen molar-refractivity contribution in [2.24, 2.45) is 5.73 Å². The van der Waals surface area contributed by atoms with Gasteiger partial charge in [0.25, 0.3) is 11.8 Å². The van der Waals surface area contributed by atoms with E-state index in [1.165, 1.54) is 4.90 Å². The fourth-order valence-electron chi connectivity index (χ4n) is 4.44. The van der Waals surface area contributed by atoms with Crippen LogP contribution in [0.3, 0.4) is 0 Å². The van der Waals surface area contributed by atoms with Gasteiger partial charge in [0.1, 0.15) is 5.60 Å². The van der Waals surface area contributed by atoms with Gasteiger partial charge in [-0.05, 0) is 58.6 Å². The molecule has 1 saturated heterocycles. The van der Waals surface area contributed by atoms with Crippen molar-refractivity contribution >= 4 is 17.9 Å². The van der Waals surface area contributed by atoms with Gasteiger partial charge in [0.15, 0.2) is 5.82 Å². The van der Waals surface area contributed by atoms with Gasteiger partial charge in [0, 0.05) is 55.7 Å². The van der Waals surface area contributed by atoms with Crippen LogP contribution in [-0.4, -0.2) is 87.1 Å². The number of nitrogens with zero attached hydrogens (tertiary/aromatic N) is 5. The van der Waals surface area contributed by atoms with E-state index in [4.69, 9.17) is 10.5 Å². The van der Waals surface area contributed by atoms with Gasteiger partial charge in [-0.25, -0.2) is 14.8 Å². The number of ether oxygens (including phenoxy) is 1. The molecule has 2 aromatic rings. The van der Waals surface area contributed by atoms with Crippen molar-refractivity contribution in [2.75, 3.05) is 26.8 Å². The van der Waals surface area contributed by atoms with E-state index in [2.05, 4.69) is 9.97 Å². The molecule has 1 aromatic carbocycles. The van der Waals surface area contributed by atoms with E-state index in [1.54, 1.807) is 48.6 Å². The van der Waals surface area contributed by atoms with Gasteiger partial charge < -0.3 is 25.2 Å². The van der Waals surface area contributed by atoms with E-state index in [0.29, 0.717) is 42.9 Å². The predicted molar refractivity (Wildman–Crippen MR) is 139 cm³/mol. The van der Waals surface area contributed by atoms with E-state index >= 15 is 0 Å². The quantitative estimate of drug-likeness (QED) is 0.595. The van der Waals surface area contributed by atoms with E-state index in [9.17, 15) is 14.4 Å². The van der Waals surface area contributed by atoms with Gasteiger partial charge in [-0.2, -0.15) is 0 Å². The first kappa shape index (κ1) is 26.5. The molecule has 2 heterocycles. The number of benzene rings is 1. The molecule has 10 heteroatoms. The summed E-state index contributed by atoms with van der Waals surface area (Å²) in [5.74, 6) is 0.245. The molecule has 2 aliphatic rings. The van der Waals surface area contributed by atoms with Crippen LogP contribution in [0.25, 0.3) is 11.4 Å². The normalized spacial score (nSPS) is 16.3. The van der Waals surface area contributed by atoms with Crippen molar-refractivity contribution in [3.63, 3.8) is 0 Å². The first-order valence-corrected chi connectivity index (χ1v) is 12.8. The molecule has 10 nitrogen and oxygen atoms in total. The fraction of sp³-hybridized carbons (Fsp3) is 0.519. The summed E-state index contributed by atoms with van der Waals surface area (Å²) in [4.78, 5) is 52.1. The van der Waals surface area contributed by atoms with Crippen LogP contribution in [0.15, 0.2) is 36.7 Å². The Balaban J connectivity index is 1.40. The van der Waals surface area contributed by atoms with E-state index in [0.717, 1.165) is 18.4 Å². The number of carbonyl (C=O) groups is 3. The second-order valence-corrected chi connectivity index (χ2v) is 10.7. The summed E-state index contributed by atoms with van der Waals surface area (Å²) in [7, 11) is 1.64. The van der Waals surface area contributed by atoms with Gasteiger partial charge >= 0.3 is 6.09 Å². The minimum absolute atomic E-state index is 0.0649. The molecule has 37 heavy (non-hydrogen) atoms. The average Bonchev–Trinajstić information content (AvgIpc) is 3.72. The van der Waals surface area contributed by atoms with Crippen molar-refractivity contribution in [1.82, 2.24) is 24.7 Å². The highest BCUT2D eigenvalue weighted by atomic mass is 16.6. The Morgan fingerprint density at radius 3 is 2.03 bits per heavy atom. The monoisotopic (exact) mass is 508 g/mol. The Morgan fingerprint density at radius 1 is 0.946 bits per heavy atom. The lowest BCUT2D eigenvalue weighted by atomic mass is 10.0. The highest BCUT2D eigenvalue weighted by Crippen LogP contribution is 2.33. The van der Waals surface area contributed by atoms with Gasteiger partial charge in [-0.1, -0.05) is 12.1 Å². The number of rotatable bonds is 6. The zero-order chi connectivity index (χ0) is 26.7. The Bertz CT molecular complexity index is 1120. The molecule has 1 aliphatic heterocycles. The van der Waals surface area contributed by atoms with Crippen molar-refractivity contribution in [3.05, 3.63) is 47.8 Å². The molecule has 1 aliphatic carbocycles.